The third-order valence-corrected chi connectivity index (χ3v) is 3.52. The number of aromatic nitrogens is 3. The lowest BCUT2D eigenvalue weighted by Crippen LogP contribution is -2.15. The van der Waals surface area contributed by atoms with Crippen molar-refractivity contribution < 1.29 is 8.42 Å². The topological polar surface area (TPSA) is 111 Å². The summed E-state index contributed by atoms with van der Waals surface area (Å²) in [4.78, 5) is 3.86. The van der Waals surface area contributed by atoms with E-state index in [4.69, 9.17) is 5.73 Å². The molecule has 0 radical (unpaired) electrons. The normalized spacial score (nSPS) is 11.2. The molecule has 0 spiro atoms. The summed E-state index contributed by atoms with van der Waals surface area (Å²) >= 11 is 0. The molecule has 3 N–H and O–H groups in total. The summed E-state index contributed by atoms with van der Waals surface area (Å²) in [5.74, 6) is -0.0691. The third kappa shape index (κ3) is 2.79. The van der Waals surface area contributed by atoms with Crippen molar-refractivity contribution in [2.24, 2.45) is 5.73 Å². The van der Waals surface area contributed by atoms with Gasteiger partial charge in [-0.1, -0.05) is 12.1 Å². The van der Waals surface area contributed by atoms with Crippen molar-refractivity contribution in [1.82, 2.24) is 15.2 Å². The fourth-order valence-electron chi connectivity index (χ4n) is 1.28. The predicted molar refractivity (Wildman–Crippen MR) is 65.0 cm³/mol. The molecular formula is C10H11N5O2S. The van der Waals surface area contributed by atoms with E-state index in [-0.39, 0.29) is 10.8 Å². The lowest BCUT2D eigenvalue weighted by Gasteiger charge is -2.06. The second kappa shape index (κ2) is 5.07. The average Bonchev–Trinajstić information content (AvgIpc) is 2.39. The van der Waals surface area contributed by atoms with E-state index in [1.54, 1.807) is 12.1 Å². The molecule has 94 valence electrons. The molecule has 0 saturated heterocycles. The highest BCUT2D eigenvalue weighted by molar-refractivity contribution is 7.92. The number of nitrogens with zero attached hydrogens (tertiary/aromatic N) is 3. The number of nitrogens with two attached hydrogens (primary N) is 1. The fourth-order valence-corrected chi connectivity index (χ4v) is 2.22. The van der Waals surface area contributed by atoms with Gasteiger partial charge in [-0.05, 0) is 17.7 Å². The van der Waals surface area contributed by atoms with Crippen molar-refractivity contribution in [2.75, 3.05) is 4.72 Å². The molecule has 1 heterocycles. The molecular weight excluding hydrogens is 254 g/mol. The van der Waals surface area contributed by atoms with Crippen LogP contribution in [-0.2, 0) is 16.6 Å². The molecule has 0 saturated carbocycles. The molecule has 0 bridgehead atoms. The van der Waals surface area contributed by atoms with Crippen LogP contribution in [0.25, 0.3) is 0 Å². The molecule has 0 amide bonds. The van der Waals surface area contributed by atoms with Gasteiger partial charge < -0.3 is 5.73 Å². The SMILES string of the molecule is NCc1ccc(S(=O)(=O)Nc2nccnn2)cc1. The van der Waals surface area contributed by atoms with Gasteiger partial charge in [0.25, 0.3) is 16.0 Å². The Labute approximate surface area is 104 Å². The number of benzene rings is 1. The Kier molecular flexibility index (Phi) is 3.49. The van der Waals surface area contributed by atoms with Gasteiger partial charge in [0.05, 0.1) is 17.3 Å². The van der Waals surface area contributed by atoms with Crippen LogP contribution < -0.4 is 10.5 Å². The van der Waals surface area contributed by atoms with Crippen molar-refractivity contribution in [3.05, 3.63) is 42.2 Å². The number of hydrogen-bond donors (Lipinski definition) is 2. The minimum Gasteiger partial charge on any atom is -0.326 e. The van der Waals surface area contributed by atoms with Crippen LogP contribution in [0.2, 0.25) is 0 Å². The van der Waals surface area contributed by atoms with Crippen LogP contribution in [0.15, 0.2) is 41.6 Å². The third-order valence-electron chi connectivity index (χ3n) is 2.18. The highest BCUT2D eigenvalue weighted by atomic mass is 32.2. The maximum Gasteiger partial charge on any atom is 0.264 e. The number of sulfonamides is 1. The standard InChI is InChI=1S/C10H11N5O2S/c11-7-8-1-3-9(4-2-8)18(16,17)15-10-12-5-6-13-14-10/h1-6H,7,11H2,(H,12,14,15). The van der Waals surface area contributed by atoms with Gasteiger partial charge >= 0.3 is 0 Å². The Morgan fingerprint density at radius 3 is 2.44 bits per heavy atom. The van der Waals surface area contributed by atoms with Gasteiger partial charge in [-0.15, -0.1) is 5.10 Å². The molecule has 1 aromatic heterocycles. The first-order chi connectivity index (χ1) is 8.62. The lowest BCUT2D eigenvalue weighted by molar-refractivity contribution is 0.600. The van der Waals surface area contributed by atoms with Crippen LogP contribution in [0.3, 0.4) is 0 Å². The van der Waals surface area contributed by atoms with E-state index < -0.39 is 10.0 Å². The van der Waals surface area contributed by atoms with E-state index in [2.05, 4.69) is 19.9 Å². The molecule has 18 heavy (non-hydrogen) atoms. The summed E-state index contributed by atoms with van der Waals surface area (Å²) in [6.07, 6.45) is 2.70. The fraction of sp³-hybridized carbons (Fsp3) is 0.100. The van der Waals surface area contributed by atoms with Crippen LogP contribution in [0, 0.1) is 0 Å². The van der Waals surface area contributed by atoms with E-state index in [0.29, 0.717) is 6.54 Å². The van der Waals surface area contributed by atoms with Crippen molar-refractivity contribution in [1.29, 1.82) is 0 Å². The van der Waals surface area contributed by atoms with E-state index in [1.807, 2.05) is 0 Å². The summed E-state index contributed by atoms with van der Waals surface area (Å²) in [6, 6.07) is 6.25. The van der Waals surface area contributed by atoms with Crippen LogP contribution in [0.1, 0.15) is 5.56 Å². The molecule has 0 atom stereocenters. The zero-order chi connectivity index (χ0) is 13.0. The summed E-state index contributed by atoms with van der Waals surface area (Å²) in [6.45, 7) is 0.361. The summed E-state index contributed by atoms with van der Waals surface area (Å²) < 4.78 is 26.1. The smallest absolute Gasteiger partial charge is 0.264 e. The molecule has 8 heteroatoms. The number of hydrogen-bond acceptors (Lipinski definition) is 6. The maximum absolute atomic E-state index is 12.0. The van der Waals surface area contributed by atoms with Gasteiger partial charge in [-0.3, -0.25) is 0 Å². The largest absolute Gasteiger partial charge is 0.326 e. The first-order valence-corrected chi connectivity index (χ1v) is 6.55. The number of nitrogens with one attached hydrogen (secondary N) is 1. The van der Waals surface area contributed by atoms with Gasteiger partial charge in [0.1, 0.15) is 0 Å². The van der Waals surface area contributed by atoms with E-state index >= 15 is 0 Å². The molecule has 0 aliphatic rings. The van der Waals surface area contributed by atoms with Crippen molar-refractivity contribution >= 4 is 16.0 Å². The second-order valence-electron chi connectivity index (χ2n) is 3.42. The predicted octanol–water partition coefficient (Wildman–Crippen LogP) is 0.131. The Morgan fingerprint density at radius 1 is 1.17 bits per heavy atom. The van der Waals surface area contributed by atoms with Gasteiger partial charge in [-0.25, -0.2) is 18.1 Å². The van der Waals surface area contributed by atoms with Gasteiger partial charge in [-0.2, -0.15) is 5.10 Å². The monoisotopic (exact) mass is 265 g/mol. The molecule has 7 nitrogen and oxygen atoms in total. The van der Waals surface area contributed by atoms with Gasteiger partial charge in [0.15, 0.2) is 0 Å². The Hall–Kier alpha value is -2.06. The Morgan fingerprint density at radius 2 is 1.89 bits per heavy atom. The minimum atomic E-state index is -3.69. The van der Waals surface area contributed by atoms with Crippen LogP contribution >= 0.6 is 0 Å². The number of rotatable bonds is 4. The molecule has 0 fully saturated rings. The number of anilines is 1. The Balaban J connectivity index is 2.25. The highest BCUT2D eigenvalue weighted by Crippen LogP contribution is 2.13. The maximum atomic E-state index is 12.0. The first-order valence-electron chi connectivity index (χ1n) is 5.07. The zero-order valence-corrected chi connectivity index (χ0v) is 10.1. The summed E-state index contributed by atoms with van der Waals surface area (Å²) in [5.41, 5.74) is 6.29. The van der Waals surface area contributed by atoms with E-state index in [0.717, 1.165) is 5.56 Å². The van der Waals surface area contributed by atoms with Crippen LogP contribution in [0.5, 0.6) is 0 Å². The van der Waals surface area contributed by atoms with Gasteiger partial charge in [0, 0.05) is 6.54 Å². The molecule has 2 rings (SSSR count). The summed E-state index contributed by atoms with van der Waals surface area (Å²) in [5, 5.41) is 7.09. The zero-order valence-electron chi connectivity index (χ0n) is 9.31. The highest BCUT2D eigenvalue weighted by Gasteiger charge is 2.15. The second-order valence-corrected chi connectivity index (χ2v) is 5.10. The Bertz CT molecular complexity index is 612. The molecule has 0 aliphatic carbocycles. The first kappa shape index (κ1) is 12.4. The average molecular weight is 265 g/mol. The summed E-state index contributed by atoms with van der Waals surface area (Å²) in [7, 11) is -3.69. The molecule has 0 unspecified atom stereocenters. The quantitative estimate of drug-likeness (QED) is 0.813. The lowest BCUT2D eigenvalue weighted by atomic mass is 10.2. The van der Waals surface area contributed by atoms with Crippen molar-refractivity contribution in [2.45, 2.75) is 11.4 Å². The molecule has 0 aliphatic heterocycles. The van der Waals surface area contributed by atoms with E-state index in [9.17, 15) is 8.42 Å². The van der Waals surface area contributed by atoms with Gasteiger partial charge in [0.2, 0.25) is 0 Å². The van der Waals surface area contributed by atoms with Crippen molar-refractivity contribution in [3.63, 3.8) is 0 Å². The van der Waals surface area contributed by atoms with E-state index in [1.165, 1.54) is 24.5 Å². The molecule has 2 aromatic rings. The van der Waals surface area contributed by atoms with Crippen LogP contribution in [-0.4, -0.2) is 23.6 Å². The van der Waals surface area contributed by atoms with Crippen molar-refractivity contribution in [3.8, 4) is 0 Å². The molecule has 1 aromatic carbocycles. The minimum absolute atomic E-state index is 0.0691. The van der Waals surface area contributed by atoms with Crippen LogP contribution in [0.4, 0.5) is 5.95 Å².